The van der Waals surface area contributed by atoms with Crippen molar-refractivity contribution >= 4 is 34.0 Å². The second-order valence-corrected chi connectivity index (χ2v) is 12.7. The molecular formula is C31H35F3N4OS. The van der Waals surface area contributed by atoms with Gasteiger partial charge in [-0.3, -0.25) is 0 Å². The second kappa shape index (κ2) is 11.1. The lowest BCUT2D eigenvalue weighted by Gasteiger charge is -2.53. The highest BCUT2D eigenvalue weighted by Gasteiger charge is 2.45. The van der Waals surface area contributed by atoms with E-state index >= 15 is 0 Å². The summed E-state index contributed by atoms with van der Waals surface area (Å²) in [5, 5.41) is 8.41. The molecule has 1 aromatic heterocycles. The Morgan fingerprint density at radius 2 is 1.88 bits per heavy atom. The van der Waals surface area contributed by atoms with Crippen LogP contribution in [0, 0.1) is 23.7 Å². The molecule has 3 aliphatic rings. The number of likely N-dealkylation sites (tertiary alicyclic amines) is 1. The third-order valence-electron chi connectivity index (χ3n) is 8.43. The van der Waals surface area contributed by atoms with E-state index in [2.05, 4.69) is 40.5 Å². The van der Waals surface area contributed by atoms with E-state index in [4.69, 9.17) is 4.74 Å². The Kier molecular flexibility index (Phi) is 7.58. The molecule has 0 spiro atoms. The van der Waals surface area contributed by atoms with Crippen molar-refractivity contribution < 1.29 is 17.9 Å². The van der Waals surface area contributed by atoms with Crippen LogP contribution in [0.25, 0.3) is 10.9 Å². The standard InChI is InChI=1S/C31H35F3N4OS/c1-37-17-20-14-21(18-37)30(20)36-26-9-4-10-28-25(26)15-22(38(28)19-31(32,33)34)6-5-13-35-27-12-11-24(16-29(27)39-2)40-23-7-3-8-23/h4,9-12,15-16,20-21,23,30,35-36H,3,7-8,13-14,17-19H2,1-2H3. The maximum atomic E-state index is 13.6. The number of alkyl halides is 3. The van der Waals surface area contributed by atoms with Crippen molar-refractivity contribution in [3.05, 3.63) is 48.2 Å². The van der Waals surface area contributed by atoms with Crippen LogP contribution in [0.5, 0.6) is 5.75 Å². The third-order valence-corrected chi connectivity index (χ3v) is 9.76. The molecule has 212 valence electrons. The molecule has 6 rings (SSSR count). The summed E-state index contributed by atoms with van der Waals surface area (Å²) in [6.07, 6.45) is 0.664. The van der Waals surface area contributed by atoms with Crippen LogP contribution < -0.4 is 15.4 Å². The number of benzene rings is 2. The van der Waals surface area contributed by atoms with Gasteiger partial charge in [0.1, 0.15) is 12.3 Å². The topological polar surface area (TPSA) is 41.5 Å². The lowest BCUT2D eigenvalue weighted by Crippen LogP contribution is -2.60. The number of piperidine rings is 2. The number of rotatable bonds is 8. The van der Waals surface area contributed by atoms with Gasteiger partial charge < -0.3 is 24.8 Å². The first-order chi connectivity index (χ1) is 19.3. The van der Waals surface area contributed by atoms with Crippen LogP contribution in [0.1, 0.15) is 31.4 Å². The molecule has 2 aliphatic carbocycles. The van der Waals surface area contributed by atoms with Crippen molar-refractivity contribution in [2.75, 3.05) is 44.4 Å². The molecule has 2 atom stereocenters. The van der Waals surface area contributed by atoms with E-state index < -0.39 is 12.7 Å². The average molecular weight is 569 g/mol. The lowest BCUT2D eigenvalue weighted by molar-refractivity contribution is -0.140. The maximum Gasteiger partial charge on any atom is 0.406 e. The predicted molar refractivity (Wildman–Crippen MR) is 156 cm³/mol. The van der Waals surface area contributed by atoms with Gasteiger partial charge in [-0.05, 0) is 80.5 Å². The smallest absolute Gasteiger partial charge is 0.406 e. The molecule has 2 unspecified atom stereocenters. The first-order valence-electron chi connectivity index (χ1n) is 14.0. The van der Waals surface area contributed by atoms with Gasteiger partial charge >= 0.3 is 6.18 Å². The number of halogens is 3. The fourth-order valence-electron chi connectivity index (χ4n) is 6.25. The van der Waals surface area contributed by atoms with Crippen LogP contribution >= 0.6 is 11.8 Å². The van der Waals surface area contributed by atoms with Crippen LogP contribution in [0.3, 0.4) is 0 Å². The van der Waals surface area contributed by atoms with Crippen LogP contribution in [-0.2, 0) is 6.54 Å². The van der Waals surface area contributed by atoms with E-state index in [0.717, 1.165) is 35.6 Å². The number of hydrogen-bond donors (Lipinski definition) is 2. The van der Waals surface area contributed by atoms with Gasteiger partial charge in [-0.1, -0.05) is 18.4 Å². The van der Waals surface area contributed by atoms with E-state index in [0.29, 0.717) is 34.3 Å². The van der Waals surface area contributed by atoms with Gasteiger partial charge in [-0.15, -0.1) is 11.8 Å². The molecule has 40 heavy (non-hydrogen) atoms. The molecule has 2 heterocycles. The largest absolute Gasteiger partial charge is 0.495 e. The summed E-state index contributed by atoms with van der Waals surface area (Å²) in [7, 11) is 3.79. The van der Waals surface area contributed by atoms with Crippen molar-refractivity contribution in [1.29, 1.82) is 0 Å². The quantitative estimate of drug-likeness (QED) is 0.297. The minimum atomic E-state index is -4.35. The Balaban J connectivity index is 1.21. The number of ether oxygens (including phenoxy) is 1. The molecule has 2 N–H and O–H groups in total. The van der Waals surface area contributed by atoms with Gasteiger partial charge in [0.25, 0.3) is 0 Å². The fourth-order valence-corrected chi connectivity index (χ4v) is 7.52. The van der Waals surface area contributed by atoms with Crippen molar-refractivity contribution in [2.45, 2.75) is 54.6 Å². The molecule has 9 heteroatoms. The summed E-state index contributed by atoms with van der Waals surface area (Å²) in [6.45, 7) is 1.31. The van der Waals surface area contributed by atoms with Crippen LogP contribution in [0.2, 0.25) is 0 Å². The van der Waals surface area contributed by atoms with E-state index in [-0.39, 0.29) is 6.54 Å². The molecule has 0 amide bonds. The SMILES string of the molecule is COc1cc(SC2CCC2)ccc1NCC#Cc1cc2c(NC3C4CC3CN(C)C4)cccc2n1CC(F)(F)F. The molecule has 0 radical (unpaired) electrons. The van der Waals surface area contributed by atoms with E-state index in [1.54, 1.807) is 19.2 Å². The number of anilines is 2. The van der Waals surface area contributed by atoms with Crippen LogP contribution in [0.15, 0.2) is 47.4 Å². The van der Waals surface area contributed by atoms with Gasteiger partial charge in [-0.2, -0.15) is 13.2 Å². The zero-order chi connectivity index (χ0) is 27.9. The summed E-state index contributed by atoms with van der Waals surface area (Å²) in [5.41, 5.74) is 2.60. The number of fused-ring (bicyclic) bond motifs is 3. The molecule has 2 aromatic carbocycles. The lowest BCUT2D eigenvalue weighted by atomic mass is 9.66. The van der Waals surface area contributed by atoms with Crippen LogP contribution in [0.4, 0.5) is 24.5 Å². The highest BCUT2D eigenvalue weighted by Crippen LogP contribution is 2.43. The van der Waals surface area contributed by atoms with Crippen LogP contribution in [-0.4, -0.2) is 60.7 Å². The average Bonchev–Trinajstić information content (AvgIpc) is 3.23. The van der Waals surface area contributed by atoms with Gasteiger partial charge in [0.05, 0.1) is 30.6 Å². The van der Waals surface area contributed by atoms with E-state index in [1.807, 2.05) is 36.0 Å². The Bertz CT molecular complexity index is 1430. The summed E-state index contributed by atoms with van der Waals surface area (Å²) in [4.78, 5) is 3.54. The first-order valence-corrected chi connectivity index (χ1v) is 14.9. The molecule has 1 saturated heterocycles. The summed E-state index contributed by atoms with van der Waals surface area (Å²) in [6, 6.07) is 13.8. The number of hydrogen-bond acceptors (Lipinski definition) is 5. The normalized spacial score (nSPS) is 22.7. The van der Waals surface area contributed by atoms with Gasteiger partial charge in [-0.25, -0.2) is 0 Å². The second-order valence-electron chi connectivity index (χ2n) is 11.3. The molecule has 2 saturated carbocycles. The molecule has 1 aliphatic heterocycles. The molecule has 2 bridgehead atoms. The minimum Gasteiger partial charge on any atom is -0.495 e. The van der Waals surface area contributed by atoms with Crippen molar-refractivity contribution in [1.82, 2.24) is 9.47 Å². The fraction of sp³-hybridized carbons (Fsp3) is 0.484. The minimum absolute atomic E-state index is 0.281. The number of methoxy groups -OCH3 is 1. The summed E-state index contributed by atoms with van der Waals surface area (Å²) in [5.74, 6) is 7.93. The van der Waals surface area contributed by atoms with E-state index in [9.17, 15) is 13.2 Å². The van der Waals surface area contributed by atoms with Gasteiger partial charge in [0, 0.05) is 40.4 Å². The van der Waals surface area contributed by atoms with Gasteiger partial charge in [0.15, 0.2) is 0 Å². The number of nitrogens with zero attached hydrogens (tertiary/aromatic N) is 2. The third kappa shape index (κ3) is 5.75. The highest BCUT2D eigenvalue weighted by molar-refractivity contribution is 8.00. The van der Waals surface area contributed by atoms with Gasteiger partial charge in [0.2, 0.25) is 0 Å². The molecular weight excluding hydrogens is 533 g/mol. The molecule has 3 fully saturated rings. The van der Waals surface area contributed by atoms with E-state index in [1.165, 1.54) is 35.1 Å². The Morgan fingerprint density at radius 3 is 2.58 bits per heavy atom. The van der Waals surface area contributed by atoms with Crippen molar-refractivity contribution in [3.63, 3.8) is 0 Å². The highest BCUT2D eigenvalue weighted by atomic mass is 32.2. The zero-order valence-electron chi connectivity index (χ0n) is 22.9. The summed E-state index contributed by atoms with van der Waals surface area (Å²) >= 11 is 1.88. The van der Waals surface area contributed by atoms with Crippen molar-refractivity contribution in [3.8, 4) is 17.6 Å². The Hall–Kier alpha value is -2.96. The Morgan fingerprint density at radius 1 is 1.07 bits per heavy atom. The first kappa shape index (κ1) is 27.2. The number of aromatic nitrogens is 1. The summed E-state index contributed by atoms with van der Waals surface area (Å²) < 4.78 is 47.7. The monoisotopic (exact) mass is 568 g/mol. The Labute approximate surface area is 237 Å². The maximum absolute atomic E-state index is 13.6. The molecule has 5 nitrogen and oxygen atoms in total. The van der Waals surface area contributed by atoms with Crippen molar-refractivity contribution in [2.24, 2.45) is 11.8 Å². The number of nitrogens with one attached hydrogen (secondary N) is 2. The predicted octanol–water partition coefficient (Wildman–Crippen LogP) is 6.68. The molecule has 3 aromatic rings. The zero-order valence-corrected chi connectivity index (χ0v) is 23.7. The number of thioether (sulfide) groups is 1.